The Morgan fingerprint density at radius 3 is 2.83 bits per heavy atom. The van der Waals surface area contributed by atoms with Crippen molar-refractivity contribution in [2.75, 3.05) is 6.61 Å². The zero-order valence-electron chi connectivity index (χ0n) is 10.4. The summed E-state index contributed by atoms with van der Waals surface area (Å²) in [6.45, 7) is 4.22. The number of hydrogen-bond donors (Lipinski definition) is 2. The normalized spacial score (nSPS) is 39.2. The average molecular weight is 248 g/mol. The van der Waals surface area contributed by atoms with E-state index in [1.54, 1.807) is 0 Å². The fourth-order valence-corrected chi connectivity index (χ4v) is 3.11. The van der Waals surface area contributed by atoms with Crippen molar-refractivity contribution in [2.45, 2.75) is 32.0 Å². The fourth-order valence-electron chi connectivity index (χ4n) is 3.11. The predicted molar refractivity (Wildman–Crippen MR) is 65.0 cm³/mol. The van der Waals surface area contributed by atoms with E-state index in [-0.39, 0.29) is 24.4 Å². The Morgan fingerprint density at radius 1 is 1.39 bits per heavy atom. The summed E-state index contributed by atoms with van der Waals surface area (Å²) in [4.78, 5) is 11.5. The van der Waals surface area contributed by atoms with E-state index < -0.39 is 11.4 Å². The first-order valence-electron chi connectivity index (χ1n) is 6.17. The van der Waals surface area contributed by atoms with Crippen LogP contribution in [0.15, 0.2) is 34.6 Å². The van der Waals surface area contributed by atoms with Gasteiger partial charge in [0.2, 0.25) is 5.78 Å². The van der Waals surface area contributed by atoms with Gasteiger partial charge in [-0.25, -0.2) is 0 Å². The molecule has 0 aromatic heterocycles. The summed E-state index contributed by atoms with van der Waals surface area (Å²) >= 11 is 0. The number of ether oxygens (including phenoxy) is 1. The molecule has 3 rings (SSSR count). The Bertz CT molecular complexity index is 526. The van der Waals surface area contributed by atoms with Gasteiger partial charge in [0.15, 0.2) is 5.76 Å². The maximum Gasteiger partial charge on any atom is 0.220 e. The lowest BCUT2D eigenvalue weighted by molar-refractivity contribution is -0.113. The second-order valence-electron chi connectivity index (χ2n) is 5.40. The van der Waals surface area contributed by atoms with Gasteiger partial charge >= 0.3 is 0 Å². The number of carbonyl (C=O) groups is 1. The number of carbonyl (C=O) groups excluding carboxylic acids is 1. The molecule has 2 aliphatic carbocycles. The van der Waals surface area contributed by atoms with Crippen molar-refractivity contribution >= 4 is 5.78 Å². The molecule has 1 heterocycles. The first-order valence-corrected chi connectivity index (χ1v) is 6.17. The average Bonchev–Trinajstić information content (AvgIpc) is 2.58. The molecule has 1 unspecified atom stereocenters. The first-order chi connectivity index (χ1) is 8.42. The molecular weight excluding hydrogens is 232 g/mol. The molecule has 3 atom stereocenters. The number of allylic oxidation sites excluding steroid dienone is 3. The summed E-state index contributed by atoms with van der Waals surface area (Å²) in [7, 11) is 0. The molecule has 18 heavy (non-hydrogen) atoms. The highest BCUT2D eigenvalue weighted by Crippen LogP contribution is 2.49. The van der Waals surface area contributed by atoms with Crippen LogP contribution in [0, 0.1) is 5.92 Å². The summed E-state index contributed by atoms with van der Waals surface area (Å²) < 4.78 is 5.59. The van der Waals surface area contributed by atoms with Gasteiger partial charge in [-0.2, -0.15) is 0 Å². The van der Waals surface area contributed by atoms with Crippen LogP contribution < -0.4 is 0 Å². The van der Waals surface area contributed by atoms with E-state index >= 15 is 0 Å². The number of ketones is 1. The van der Waals surface area contributed by atoms with Gasteiger partial charge in [-0.1, -0.05) is 6.92 Å². The van der Waals surface area contributed by atoms with Crippen LogP contribution in [0.2, 0.25) is 0 Å². The van der Waals surface area contributed by atoms with E-state index in [0.29, 0.717) is 6.42 Å². The van der Waals surface area contributed by atoms with Crippen LogP contribution in [-0.2, 0) is 9.53 Å². The molecule has 0 aromatic rings. The molecule has 4 nitrogen and oxygen atoms in total. The van der Waals surface area contributed by atoms with Crippen LogP contribution in [0.3, 0.4) is 0 Å². The highest BCUT2D eigenvalue weighted by Gasteiger charge is 2.49. The Hall–Kier alpha value is -1.39. The van der Waals surface area contributed by atoms with Gasteiger partial charge in [-0.05, 0) is 35.8 Å². The third-order valence-corrected chi connectivity index (χ3v) is 4.20. The minimum atomic E-state index is -1.02. The molecule has 1 aliphatic heterocycles. The largest absolute Gasteiger partial charge is 0.504 e. The standard InChI is InChI=1S/C14H16O4/c1-7-8(2)18-6-14(17)5-9-3-11(15)12(16)4-10(9)13(7)14/h3-4,7-8,16-17H,5-6H2,1-2H3/t7-,8+,14?/m1/s1. The van der Waals surface area contributed by atoms with E-state index in [2.05, 4.69) is 0 Å². The van der Waals surface area contributed by atoms with Gasteiger partial charge in [0.05, 0.1) is 12.7 Å². The van der Waals surface area contributed by atoms with Crippen LogP contribution >= 0.6 is 0 Å². The SMILES string of the molecule is C[C@@H]1OCC2(O)CC3=CC(=O)C(O)=CC3=C2[C@@H]1C. The molecule has 0 saturated carbocycles. The highest BCUT2D eigenvalue weighted by molar-refractivity contribution is 6.05. The molecule has 3 aliphatic rings. The van der Waals surface area contributed by atoms with E-state index in [0.717, 1.165) is 16.7 Å². The zero-order chi connectivity index (χ0) is 13.1. The van der Waals surface area contributed by atoms with Crippen molar-refractivity contribution in [1.29, 1.82) is 0 Å². The summed E-state index contributed by atoms with van der Waals surface area (Å²) in [6.07, 6.45) is 3.33. The topological polar surface area (TPSA) is 66.8 Å². The lowest BCUT2D eigenvalue weighted by Crippen LogP contribution is -2.45. The number of fused-ring (bicyclic) bond motifs is 2. The Kier molecular flexibility index (Phi) is 2.31. The first kappa shape index (κ1) is 11.7. The van der Waals surface area contributed by atoms with Gasteiger partial charge in [0, 0.05) is 12.3 Å². The van der Waals surface area contributed by atoms with Crippen LogP contribution in [0.4, 0.5) is 0 Å². The monoisotopic (exact) mass is 248 g/mol. The van der Waals surface area contributed by atoms with Gasteiger partial charge < -0.3 is 14.9 Å². The lowest BCUT2D eigenvalue weighted by atomic mass is 9.81. The summed E-state index contributed by atoms with van der Waals surface area (Å²) in [6, 6.07) is 0. The number of rotatable bonds is 0. The fraction of sp³-hybridized carbons (Fsp3) is 0.500. The third-order valence-electron chi connectivity index (χ3n) is 4.20. The number of aliphatic hydroxyl groups excluding tert-OH is 1. The minimum Gasteiger partial charge on any atom is -0.504 e. The highest BCUT2D eigenvalue weighted by atomic mass is 16.5. The summed E-state index contributed by atoms with van der Waals surface area (Å²) in [5, 5.41) is 20.2. The summed E-state index contributed by atoms with van der Waals surface area (Å²) in [5.74, 6) is -0.572. The zero-order valence-corrected chi connectivity index (χ0v) is 10.4. The Balaban J connectivity index is 2.17. The molecule has 0 spiro atoms. The van der Waals surface area contributed by atoms with E-state index in [9.17, 15) is 15.0 Å². The van der Waals surface area contributed by atoms with Gasteiger partial charge in [0.1, 0.15) is 5.60 Å². The molecule has 1 saturated heterocycles. The molecule has 0 bridgehead atoms. The van der Waals surface area contributed by atoms with E-state index in [1.807, 2.05) is 13.8 Å². The van der Waals surface area contributed by atoms with E-state index in [1.165, 1.54) is 12.2 Å². The van der Waals surface area contributed by atoms with Crippen LogP contribution in [-0.4, -0.2) is 34.3 Å². The second-order valence-corrected chi connectivity index (χ2v) is 5.40. The minimum absolute atomic E-state index is 0.0281. The Morgan fingerprint density at radius 2 is 2.11 bits per heavy atom. The Labute approximate surface area is 105 Å². The van der Waals surface area contributed by atoms with Crippen LogP contribution in [0.25, 0.3) is 0 Å². The van der Waals surface area contributed by atoms with Crippen LogP contribution in [0.5, 0.6) is 0 Å². The number of hydrogen-bond acceptors (Lipinski definition) is 4. The quantitative estimate of drug-likeness (QED) is 0.680. The molecular formula is C14H16O4. The van der Waals surface area contributed by atoms with Crippen molar-refractivity contribution in [3.05, 3.63) is 34.6 Å². The predicted octanol–water partition coefficient (Wildman–Crippen LogP) is 1.42. The van der Waals surface area contributed by atoms with Gasteiger partial charge in [-0.15, -0.1) is 0 Å². The van der Waals surface area contributed by atoms with Gasteiger partial charge in [-0.3, -0.25) is 4.79 Å². The van der Waals surface area contributed by atoms with Crippen molar-refractivity contribution < 1.29 is 19.7 Å². The maximum atomic E-state index is 11.5. The van der Waals surface area contributed by atoms with Crippen LogP contribution in [0.1, 0.15) is 20.3 Å². The lowest BCUT2D eigenvalue weighted by Gasteiger charge is -2.39. The van der Waals surface area contributed by atoms with E-state index in [4.69, 9.17) is 4.74 Å². The van der Waals surface area contributed by atoms with Crippen molar-refractivity contribution in [3.63, 3.8) is 0 Å². The maximum absolute atomic E-state index is 11.5. The molecule has 4 heteroatoms. The molecule has 1 fully saturated rings. The van der Waals surface area contributed by atoms with Crippen molar-refractivity contribution in [1.82, 2.24) is 0 Å². The molecule has 0 aromatic carbocycles. The molecule has 96 valence electrons. The second kappa shape index (κ2) is 3.56. The smallest absolute Gasteiger partial charge is 0.220 e. The molecule has 0 amide bonds. The van der Waals surface area contributed by atoms with Crippen molar-refractivity contribution in [2.24, 2.45) is 5.92 Å². The third kappa shape index (κ3) is 1.42. The molecule has 2 N–H and O–H groups in total. The van der Waals surface area contributed by atoms with Crippen molar-refractivity contribution in [3.8, 4) is 0 Å². The van der Waals surface area contributed by atoms with Gasteiger partial charge in [0.25, 0.3) is 0 Å². The number of aliphatic hydroxyl groups is 2. The molecule has 0 radical (unpaired) electrons. The summed E-state index contributed by atoms with van der Waals surface area (Å²) in [5.41, 5.74) is 1.50.